The summed E-state index contributed by atoms with van der Waals surface area (Å²) in [4.78, 5) is 24.7. The van der Waals surface area contributed by atoms with E-state index >= 15 is 0 Å². The molecule has 4 nitrogen and oxygen atoms in total. The second-order valence-corrected chi connectivity index (χ2v) is 3.83. The van der Waals surface area contributed by atoms with Crippen molar-refractivity contribution >= 4 is 17.5 Å². The number of hydrogen-bond donors (Lipinski definition) is 1. The minimum Gasteiger partial charge on any atom is -0.352 e. The van der Waals surface area contributed by atoms with Crippen molar-refractivity contribution in [3.63, 3.8) is 0 Å². The maximum Gasteiger partial charge on any atom is 0.251 e. The largest absolute Gasteiger partial charge is 0.352 e. The summed E-state index contributed by atoms with van der Waals surface area (Å²) in [6.07, 6.45) is 0.388. The van der Waals surface area contributed by atoms with Crippen molar-refractivity contribution in [1.29, 1.82) is 0 Å². The van der Waals surface area contributed by atoms with E-state index in [2.05, 4.69) is 5.32 Å². The highest BCUT2D eigenvalue weighted by atomic mass is 16.2. The molecule has 0 saturated carbocycles. The number of likely N-dealkylation sites (N-methyl/N-ethyl adjacent to an activating group) is 1. The van der Waals surface area contributed by atoms with Gasteiger partial charge in [0.05, 0.1) is 6.42 Å². The Morgan fingerprint density at radius 1 is 1.50 bits per heavy atom. The van der Waals surface area contributed by atoms with Gasteiger partial charge in [0.25, 0.3) is 5.91 Å². The minimum atomic E-state index is -0.0905. The van der Waals surface area contributed by atoms with E-state index in [4.69, 9.17) is 0 Å². The first kappa shape index (κ1) is 10.7. The topological polar surface area (TPSA) is 49.4 Å². The van der Waals surface area contributed by atoms with Gasteiger partial charge < -0.3 is 10.2 Å². The Labute approximate surface area is 94.2 Å². The number of hydrogen-bond acceptors (Lipinski definition) is 2. The Morgan fingerprint density at radius 2 is 2.25 bits per heavy atom. The molecule has 0 fully saturated rings. The normalized spacial score (nSPS) is 13.9. The Bertz CT molecular complexity index is 454. The van der Waals surface area contributed by atoms with Gasteiger partial charge >= 0.3 is 0 Å². The molecule has 0 spiro atoms. The van der Waals surface area contributed by atoms with Gasteiger partial charge in [0.1, 0.15) is 0 Å². The number of nitrogens with one attached hydrogen (secondary N) is 1. The number of anilines is 1. The summed E-state index contributed by atoms with van der Waals surface area (Å²) < 4.78 is 0. The molecule has 0 radical (unpaired) electrons. The molecule has 1 aliphatic heterocycles. The molecule has 1 heterocycles. The van der Waals surface area contributed by atoms with Crippen LogP contribution < -0.4 is 10.2 Å². The average molecular weight is 218 g/mol. The van der Waals surface area contributed by atoms with Gasteiger partial charge in [-0.3, -0.25) is 9.59 Å². The third-order valence-electron chi connectivity index (χ3n) is 2.76. The fourth-order valence-corrected chi connectivity index (χ4v) is 1.87. The second-order valence-electron chi connectivity index (χ2n) is 3.83. The molecule has 0 atom stereocenters. The summed E-state index contributed by atoms with van der Waals surface area (Å²) in [6.45, 7) is 2.48. The summed E-state index contributed by atoms with van der Waals surface area (Å²) in [5.41, 5.74) is 2.44. The quantitative estimate of drug-likeness (QED) is 0.803. The first-order chi connectivity index (χ1) is 7.63. The maximum atomic E-state index is 11.6. The number of benzene rings is 1. The highest BCUT2D eigenvalue weighted by molar-refractivity contribution is 6.03. The molecular weight excluding hydrogens is 204 g/mol. The zero-order chi connectivity index (χ0) is 11.7. The molecule has 1 N–H and O–H groups in total. The molecular formula is C12H14N2O2. The van der Waals surface area contributed by atoms with Crippen molar-refractivity contribution in [3.05, 3.63) is 29.3 Å². The zero-order valence-corrected chi connectivity index (χ0v) is 9.41. The summed E-state index contributed by atoms with van der Waals surface area (Å²) in [5, 5.41) is 2.74. The standard InChI is InChI=1S/C12H14N2O2/c1-3-13-12(16)8-4-5-10-9(6-8)7-11(15)14(10)2/h4-6H,3,7H2,1-2H3,(H,13,16). The molecule has 0 unspecified atom stereocenters. The lowest BCUT2D eigenvalue weighted by Crippen LogP contribution is -2.22. The monoisotopic (exact) mass is 218 g/mol. The van der Waals surface area contributed by atoms with Gasteiger partial charge in [-0.15, -0.1) is 0 Å². The number of carbonyl (C=O) groups excluding carboxylic acids is 2. The van der Waals surface area contributed by atoms with Crippen molar-refractivity contribution < 1.29 is 9.59 Å². The van der Waals surface area contributed by atoms with Crippen LogP contribution in [0.25, 0.3) is 0 Å². The molecule has 1 aliphatic rings. The van der Waals surface area contributed by atoms with E-state index in [-0.39, 0.29) is 11.8 Å². The van der Waals surface area contributed by atoms with Crippen LogP contribution in [0.15, 0.2) is 18.2 Å². The van der Waals surface area contributed by atoms with Crippen molar-refractivity contribution in [3.8, 4) is 0 Å². The molecule has 0 saturated heterocycles. The molecule has 2 amide bonds. The molecule has 0 bridgehead atoms. The smallest absolute Gasteiger partial charge is 0.251 e. The molecule has 1 aromatic rings. The maximum absolute atomic E-state index is 11.6. The van der Waals surface area contributed by atoms with Crippen LogP contribution in [0.1, 0.15) is 22.8 Å². The SMILES string of the molecule is CCNC(=O)c1ccc2c(c1)CC(=O)N2C. The molecule has 0 aromatic heterocycles. The third-order valence-corrected chi connectivity index (χ3v) is 2.76. The highest BCUT2D eigenvalue weighted by Crippen LogP contribution is 2.28. The summed E-state index contributed by atoms with van der Waals surface area (Å²) in [5.74, 6) is -0.0182. The van der Waals surface area contributed by atoms with Gasteiger partial charge in [0, 0.05) is 24.8 Å². The van der Waals surface area contributed by atoms with Crippen LogP contribution in [0.2, 0.25) is 0 Å². The van der Waals surface area contributed by atoms with Crippen LogP contribution in [0.3, 0.4) is 0 Å². The Morgan fingerprint density at radius 3 is 2.94 bits per heavy atom. The predicted octanol–water partition coefficient (Wildman–Crippen LogP) is 0.955. The summed E-state index contributed by atoms with van der Waals surface area (Å²) in [7, 11) is 1.75. The van der Waals surface area contributed by atoms with Crippen molar-refractivity contribution in [1.82, 2.24) is 5.32 Å². The molecule has 0 aliphatic carbocycles. The van der Waals surface area contributed by atoms with Gasteiger partial charge in [-0.25, -0.2) is 0 Å². The highest BCUT2D eigenvalue weighted by Gasteiger charge is 2.24. The third kappa shape index (κ3) is 1.66. The molecule has 2 rings (SSSR count). The Hall–Kier alpha value is -1.84. The first-order valence-corrected chi connectivity index (χ1v) is 5.31. The van der Waals surface area contributed by atoms with Gasteiger partial charge in [0.2, 0.25) is 5.91 Å². The Balaban J connectivity index is 2.32. The van der Waals surface area contributed by atoms with E-state index in [1.807, 2.05) is 13.0 Å². The van der Waals surface area contributed by atoms with E-state index in [0.29, 0.717) is 18.5 Å². The molecule has 4 heteroatoms. The van der Waals surface area contributed by atoms with Crippen LogP contribution in [0, 0.1) is 0 Å². The van der Waals surface area contributed by atoms with Gasteiger partial charge in [0.15, 0.2) is 0 Å². The molecule has 1 aromatic carbocycles. The van der Waals surface area contributed by atoms with Crippen LogP contribution >= 0.6 is 0 Å². The van der Waals surface area contributed by atoms with Crippen molar-refractivity contribution in [2.24, 2.45) is 0 Å². The summed E-state index contributed by atoms with van der Waals surface area (Å²) in [6, 6.07) is 5.37. The lowest BCUT2D eigenvalue weighted by Gasteiger charge is -2.10. The first-order valence-electron chi connectivity index (χ1n) is 5.31. The van der Waals surface area contributed by atoms with Crippen LogP contribution in [0.5, 0.6) is 0 Å². The molecule has 84 valence electrons. The van der Waals surface area contributed by atoms with E-state index < -0.39 is 0 Å². The number of fused-ring (bicyclic) bond motifs is 1. The minimum absolute atomic E-state index is 0.0723. The lowest BCUT2D eigenvalue weighted by atomic mass is 10.1. The van der Waals surface area contributed by atoms with E-state index in [9.17, 15) is 9.59 Å². The van der Waals surface area contributed by atoms with E-state index in [1.54, 1.807) is 24.1 Å². The van der Waals surface area contributed by atoms with Crippen LogP contribution in [-0.2, 0) is 11.2 Å². The van der Waals surface area contributed by atoms with Crippen LogP contribution in [0.4, 0.5) is 5.69 Å². The van der Waals surface area contributed by atoms with Gasteiger partial charge in [-0.05, 0) is 30.7 Å². The summed E-state index contributed by atoms with van der Waals surface area (Å²) >= 11 is 0. The number of rotatable bonds is 2. The van der Waals surface area contributed by atoms with E-state index in [0.717, 1.165) is 11.3 Å². The second kappa shape index (κ2) is 3.96. The van der Waals surface area contributed by atoms with Gasteiger partial charge in [-0.1, -0.05) is 0 Å². The molecule has 16 heavy (non-hydrogen) atoms. The fraction of sp³-hybridized carbons (Fsp3) is 0.333. The lowest BCUT2D eigenvalue weighted by molar-refractivity contribution is -0.117. The number of amides is 2. The fourth-order valence-electron chi connectivity index (χ4n) is 1.87. The van der Waals surface area contributed by atoms with Gasteiger partial charge in [-0.2, -0.15) is 0 Å². The van der Waals surface area contributed by atoms with E-state index in [1.165, 1.54) is 0 Å². The van der Waals surface area contributed by atoms with Crippen LogP contribution in [-0.4, -0.2) is 25.4 Å². The van der Waals surface area contributed by atoms with Crippen molar-refractivity contribution in [2.45, 2.75) is 13.3 Å². The zero-order valence-electron chi connectivity index (χ0n) is 9.41. The number of nitrogens with zero attached hydrogens (tertiary/aromatic N) is 1. The van der Waals surface area contributed by atoms with Crippen molar-refractivity contribution in [2.75, 3.05) is 18.5 Å². The average Bonchev–Trinajstić information content (AvgIpc) is 2.55. The number of carbonyl (C=O) groups is 2. The Kier molecular flexibility index (Phi) is 2.64. The predicted molar refractivity (Wildman–Crippen MR) is 61.6 cm³/mol.